The number of nitrogens with zero attached hydrogens (tertiary/aromatic N) is 4. The average molecular weight is 461 g/mol. The van der Waals surface area contributed by atoms with Gasteiger partial charge in [-0.05, 0) is 43.4 Å². The van der Waals surface area contributed by atoms with Crippen LogP contribution in [-0.4, -0.2) is 45.3 Å². The van der Waals surface area contributed by atoms with Crippen LogP contribution in [0.3, 0.4) is 0 Å². The van der Waals surface area contributed by atoms with E-state index in [1.54, 1.807) is 37.3 Å². The average Bonchev–Trinajstić information content (AvgIpc) is 3.15. The van der Waals surface area contributed by atoms with E-state index >= 15 is 0 Å². The summed E-state index contributed by atoms with van der Waals surface area (Å²) in [6.45, 7) is 13.4. The van der Waals surface area contributed by atoms with Gasteiger partial charge in [-0.3, -0.25) is 19.9 Å². The topological polar surface area (TPSA) is 124 Å². The molecular weight excluding hydrogens is 432 g/mol. The number of imidazole rings is 1. The number of amides is 1. The van der Waals surface area contributed by atoms with Gasteiger partial charge in [-0.1, -0.05) is 19.7 Å². The molecular formula is C25H28N6O3. The molecule has 0 radical (unpaired) electrons. The summed E-state index contributed by atoms with van der Waals surface area (Å²) >= 11 is 0. The van der Waals surface area contributed by atoms with E-state index in [4.69, 9.17) is 15.4 Å². The van der Waals surface area contributed by atoms with Gasteiger partial charge in [0, 0.05) is 30.4 Å². The van der Waals surface area contributed by atoms with Crippen molar-refractivity contribution in [2.45, 2.75) is 19.9 Å². The second-order valence-electron chi connectivity index (χ2n) is 7.24. The van der Waals surface area contributed by atoms with E-state index in [-0.39, 0.29) is 25.4 Å². The summed E-state index contributed by atoms with van der Waals surface area (Å²) < 4.78 is 6.81. The van der Waals surface area contributed by atoms with Crippen molar-refractivity contribution in [3.05, 3.63) is 78.8 Å². The SMILES string of the molecule is C=CC(=N)N(CCC(=O)OCC)C(=O)c1ccc2c(c1)nc(CNC(=C)C=CC(=C)C#N)n2C. The van der Waals surface area contributed by atoms with E-state index in [0.717, 1.165) is 5.52 Å². The third-order valence-corrected chi connectivity index (χ3v) is 4.90. The van der Waals surface area contributed by atoms with Gasteiger partial charge in [-0.2, -0.15) is 5.26 Å². The van der Waals surface area contributed by atoms with Crippen molar-refractivity contribution in [1.82, 2.24) is 19.8 Å². The highest BCUT2D eigenvalue weighted by Crippen LogP contribution is 2.19. The first-order chi connectivity index (χ1) is 16.2. The first-order valence-electron chi connectivity index (χ1n) is 10.6. The summed E-state index contributed by atoms with van der Waals surface area (Å²) in [4.78, 5) is 30.6. The number of rotatable bonds is 11. The molecule has 1 amide bonds. The van der Waals surface area contributed by atoms with Crippen molar-refractivity contribution in [3.8, 4) is 6.07 Å². The molecule has 0 unspecified atom stereocenters. The van der Waals surface area contributed by atoms with Crippen LogP contribution in [-0.2, 0) is 23.1 Å². The molecule has 0 aliphatic heterocycles. The first-order valence-corrected chi connectivity index (χ1v) is 10.6. The molecule has 34 heavy (non-hydrogen) atoms. The summed E-state index contributed by atoms with van der Waals surface area (Å²) in [7, 11) is 1.86. The van der Waals surface area contributed by atoms with E-state index in [1.165, 1.54) is 11.0 Å². The van der Waals surface area contributed by atoms with Crippen molar-refractivity contribution in [3.63, 3.8) is 0 Å². The highest BCUT2D eigenvalue weighted by Gasteiger charge is 2.21. The maximum Gasteiger partial charge on any atom is 0.307 e. The van der Waals surface area contributed by atoms with Crippen LogP contribution < -0.4 is 5.32 Å². The van der Waals surface area contributed by atoms with Gasteiger partial charge >= 0.3 is 5.97 Å². The normalized spacial score (nSPS) is 10.5. The fourth-order valence-electron chi connectivity index (χ4n) is 3.06. The number of benzene rings is 1. The maximum absolute atomic E-state index is 13.1. The molecule has 1 aromatic carbocycles. The quantitative estimate of drug-likeness (QED) is 0.174. The summed E-state index contributed by atoms with van der Waals surface area (Å²) in [6, 6.07) is 7.03. The minimum Gasteiger partial charge on any atom is -0.466 e. The molecule has 2 rings (SSSR count). The minimum absolute atomic E-state index is 0.00575. The zero-order valence-corrected chi connectivity index (χ0v) is 19.4. The lowest BCUT2D eigenvalue weighted by atomic mass is 10.1. The maximum atomic E-state index is 13.1. The molecule has 9 nitrogen and oxygen atoms in total. The van der Waals surface area contributed by atoms with Crippen LogP contribution >= 0.6 is 0 Å². The summed E-state index contributed by atoms with van der Waals surface area (Å²) in [6.07, 6.45) is 4.44. The predicted octanol–water partition coefficient (Wildman–Crippen LogP) is 3.37. The van der Waals surface area contributed by atoms with Crippen molar-refractivity contribution >= 4 is 28.7 Å². The van der Waals surface area contributed by atoms with Gasteiger partial charge in [0.15, 0.2) is 0 Å². The third kappa shape index (κ3) is 6.53. The Kier molecular flexibility index (Phi) is 9.08. The largest absolute Gasteiger partial charge is 0.466 e. The number of carbonyl (C=O) groups is 2. The molecule has 176 valence electrons. The number of nitrogens with one attached hydrogen (secondary N) is 2. The number of amidine groups is 1. The number of esters is 1. The van der Waals surface area contributed by atoms with Crippen molar-refractivity contribution in [2.75, 3.05) is 13.2 Å². The Morgan fingerprint density at radius 3 is 2.74 bits per heavy atom. The fraction of sp³-hybridized carbons (Fsp3) is 0.240. The van der Waals surface area contributed by atoms with Gasteiger partial charge < -0.3 is 14.6 Å². The zero-order valence-electron chi connectivity index (χ0n) is 19.4. The summed E-state index contributed by atoms with van der Waals surface area (Å²) in [5.41, 5.74) is 2.69. The highest BCUT2D eigenvalue weighted by molar-refractivity contribution is 6.09. The molecule has 0 atom stereocenters. The van der Waals surface area contributed by atoms with Crippen LogP contribution in [0.15, 0.2) is 67.4 Å². The molecule has 0 spiro atoms. The molecule has 0 fully saturated rings. The van der Waals surface area contributed by atoms with Crippen molar-refractivity contribution in [1.29, 1.82) is 10.7 Å². The fourth-order valence-corrected chi connectivity index (χ4v) is 3.06. The Bertz CT molecular complexity index is 1220. The number of nitriles is 1. The van der Waals surface area contributed by atoms with Gasteiger partial charge in [0.2, 0.25) is 0 Å². The number of hydrogen-bond donors (Lipinski definition) is 2. The van der Waals surface area contributed by atoms with Crippen molar-refractivity contribution < 1.29 is 14.3 Å². The van der Waals surface area contributed by atoms with Crippen molar-refractivity contribution in [2.24, 2.45) is 7.05 Å². The summed E-state index contributed by atoms with van der Waals surface area (Å²) in [5.74, 6) is -0.266. The monoisotopic (exact) mass is 460 g/mol. The molecule has 2 N–H and O–H groups in total. The minimum atomic E-state index is -0.442. The van der Waals surface area contributed by atoms with Gasteiger partial charge in [0.25, 0.3) is 5.91 Å². The number of aromatic nitrogens is 2. The van der Waals surface area contributed by atoms with Crippen LogP contribution in [0.2, 0.25) is 0 Å². The van der Waals surface area contributed by atoms with Gasteiger partial charge in [0.1, 0.15) is 11.7 Å². The Labute approximate surface area is 198 Å². The molecule has 0 aliphatic carbocycles. The van der Waals surface area contributed by atoms with Gasteiger partial charge in [-0.15, -0.1) is 0 Å². The Hall–Kier alpha value is -4.45. The van der Waals surface area contributed by atoms with E-state index in [2.05, 4.69) is 30.0 Å². The zero-order chi connectivity index (χ0) is 25.3. The molecule has 0 bridgehead atoms. The summed E-state index contributed by atoms with van der Waals surface area (Å²) in [5, 5.41) is 19.9. The van der Waals surface area contributed by atoms with Crippen LogP contribution in [0, 0.1) is 16.7 Å². The Morgan fingerprint density at radius 2 is 2.09 bits per heavy atom. The number of hydrogen-bond acceptors (Lipinski definition) is 7. The molecule has 0 aliphatic rings. The van der Waals surface area contributed by atoms with Gasteiger partial charge in [0.05, 0.1) is 36.7 Å². The van der Waals surface area contributed by atoms with E-state index in [1.807, 2.05) is 17.7 Å². The van der Waals surface area contributed by atoms with Gasteiger partial charge in [-0.25, -0.2) is 4.98 Å². The lowest BCUT2D eigenvalue weighted by Crippen LogP contribution is -2.37. The number of ether oxygens (including phenoxy) is 1. The number of aryl methyl sites for hydroxylation is 1. The van der Waals surface area contributed by atoms with Crippen LogP contribution in [0.4, 0.5) is 0 Å². The van der Waals surface area contributed by atoms with Crippen LogP contribution in [0.25, 0.3) is 11.0 Å². The molecule has 0 saturated carbocycles. The number of allylic oxidation sites excluding steroid dienone is 3. The smallest absolute Gasteiger partial charge is 0.307 e. The highest BCUT2D eigenvalue weighted by atomic mass is 16.5. The van der Waals surface area contributed by atoms with Crippen LogP contribution in [0.5, 0.6) is 0 Å². The Morgan fingerprint density at radius 1 is 1.35 bits per heavy atom. The number of fused-ring (bicyclic) bond motifs is 1. The van der Waals surface area contributed by atoms with E-state index in [9.17, 15) is 9.59 Å². The predicted molar refractivity (Wildman–Crippen MR) is 131 cm³/mol. The first kappa shape index (κ1) is 25.8. The number of carbonyl (C=O) groups excluding carboxylic acids is 2. The lowest BCUT2D eigenvalue weighted by molar-refractivity contribution is -0.143. The molecule has 9 heteroatoms. The molecule has 1 aromatic heterocycles. The second kappa shape index (κ2) is 12.0. The lowest BCUT2D eigenvalue weighted by Gasteiger charge is -2.21. The second-order valence-corrected chi connectivity index (χ2v) is 7.24. The third-order valence-electron chi connectivity index (χ3n) is 4.90. The van der Waals surface area contributed by atoms with E-state index in [0.29, 0.717) is 34.7 Å². The standard InChI is InChI=1S/C25H28N6O3/c1-6-22(27)31(13-12-24(32)34-7-2)25(33)19-10-11-21-20(14-19)29-23(30(21)5)16-28-18(4)9-8-17(3)15-26/h6,8-11,14,27-28H,1,3-4,7,12-13,16H2,2,5H3. The molecule has 2 aromatic rings. The molecule has 0 saturated heterocycles. The molecule has 1 heterocycles. The van der Waals surface area contributed by atoms with Crippen LogP contribution in [0.1, 0.15) is 29.5 Å². The van der Waals surface area contributed by atoms with E-state index < -0.39 is 11.9 Å². The Balaban J connectivity index is 2.21.